The standard InChI is InChI=1S/C26H32Cl2N2O3.C17H24Cl2N2O/c1-32-26(31)23-5-3-2-4-20(23)18-30-12-8-19(9-13-30)17-29-14-10-21(11-15-29)33-22-6-7-24(27)25(28)16-22;18-16-2-1-15(11-17(16)19)22-14-5-9-21(10-6-14)12-13-3-7-20-8-4-13/h2-7,16,19,21H,8-15,17-18H2,1H3;1-2,11,13-14,20H,3-10,12H2. The monoisotopic (exact) mass is 832 g/mol. The molecule has 4 saturated heterocycles. The first-order valence-corrected chi connectivity index (χ1v) is 21.5. The van der Waals surface area contributed by atoms with E-state index < -0.39 is 0 Å². The first-order valence-electron chi connectivity index (χ1n) is 20.0. The van der Waals surface area contributed by atoms with Gasteiger partial charge in [0.25, 0.3) is 0 Å². The second-order valence-electron chi connectivity index (χ2n) is 15.4. The normalized spacial score (nSPS) is 20.1. The first kappa shape index (κ1) is 42.3. The Morgan fingerprint density at radius 1 is 0.618 bits per heavy atom. The van der Waals surface area contributed by atoms with Gasteiger partial charge >= 0.3 is 5.97 Å². The summed E-state index contributed by atoms with van der Waals surface area (Å²) in [5, 5.41) is 5.66. The maximum absolute atomic E-state index is 12.0. The third-order valence-electron chi connectivity index (χ3n) is 11.5. The molecule has 0 aromatic heterocycles. The second kappa shape index (κ2) is 21.5. The molecule has 4 aliphatic rings. The summed E-state index contributed by atoms with van der Waals surface area (Å²) in [6.07, 6.45) is 9.79. The highest BCUT2D eigenvalue weighted by atomic mass is 35.5. The molecule has 0 saturated carbocycles. The highest BCUT2D eigenvalue weighted by Crippen LogP contribution is 2.30. The van der Waals surface area contributed by atoms with E-state index in [-0.39, 0.29) is 12.1 Å². The van der Waals surface area contributed by atoms with Crippen molar-refractivity contribution in [1.29, 1.82) is 0 Å². The van der Waals surface area contributed by atoms with Crippen LogP contribution in [-0.2, 0) is 11.3 Å². The summed E-state index contributed by atoms with van der Waals surface area (Å²) in [6.45, 7) is 12.1. The lowest BCUT2D eigenvalue weighted by molar-refractivity contribution is 0.0596. The quantitative estimate of drug-likeness (QED) is 0.192. The van der Waals surface area contributed by atoms with Crippen LogP contribution in [0.1, 0.15) is 67.3 Å². The fourth-order valence-corrected chi connectivity index (χ4v) is 8.81. The van der Waals surface area contributed by atoms with Gasteiger partial charge in [0.05, 0.1) is 32.8 Å². The molecule has 0 amide bonds. The van der Waals surface area contributed by atoms with Gasteiger partial charge in [-0.25, -0.2) is 4.79 Å². The van der Waals surface area contributed by atoms with Crippen LogP contribution in [-0.4, -0.2) is 105 Å². The molecule has 3 aromatic carbocycles. The lowest BCUT2D eigenvalue weighted by Crippen LogP contribution is -2.43. The average Bonchev–Trinajstić information content (AvgIpc) is 3.20. The number of esters is 1. The minimum absolute atomic E-state index is 0.232. The summed E-state index contributed by atoms with van der Waals surface area (Å²) < 4.78 is 17.1. The lowest BCUT2D eigenvalue weighted by Gasteiger charge is -2.37. The molecule has 1 N–H and O–H groups in total. The van der Waals surface area contributed by atoms with Crippen molar-refractivity contribution in [2.75, 3.05) is 72.6 Å². The summed E-state index contributed by atoms with van der Waals surface area (Å²) >= 11 is 24.1. The number of ether oxygens (including phenoxy) is 3. The molecule has 0 unspecified atom stereocenters. The molecule has 0 bridgehead atoms. The minimum Gasteiger partial charge on any atom is -0.490 e. The van der Waals surface area contributed by atoms with Crippen LogP contribution in [0.5, 0.6) is 11.5 Å². The number of halogens is 4. The predicted molar refractivity (Wildman–Crippen MR) is 224 cm³/mol. The van der Waals surface area contributed by atoms with Crippen molar-refractivity contribution < 1.29 is 19.0 Å². The van der Waals surface area contributed by atoms with E-state index in [0.29, 0.717) is 31.8 Å². The third kappa shape index (κ3) is 13.1. The van der Waals surface area contributed by atoms with Gasteiger partial charge in [-0.15, -0.1) is 0 Å². The molecule has 3 aromatic rings. The Bertz CT molecular complexity index is 1650. The fourth-order valence-electron chi connectivity index (χ4n) is 8.23. The molecule has 0 aliphatic carbocycles. The molecule has 4 fully saturated rings. The van der Waals surface area contributed by atoms with E-state index in [4.69, 9.17) is 60.6 Å². The number of hydrogen-bond acceptors (Lipinski definition) is 8. The van der Waals surface area contributed by atoms with Crippen LogP contribution < -0.4 is 14.8 Å². The predicted octanol–water partition coefficient (Wildman–Crippen LogP) is 9.37. The van der Waals surface area contributed by atoms with Crippen LogP contribution >= 0.6 is 46.4 Å². The Morgan fingerprint density at radius 3 is 1.58 bits per heavy atom. The molecule has 0 radical (unpaired) electrons. The van der Waals surface area contributed by atoms with Gasteiger partial charge in [-0.05, 0) is 125 Å². The molecule has 7 rings (SSSR count). The highest BCUT2D eigenvalue weighted by Gasteiger charge is 2.27. The van der Waals surface area contributed by atoms with Crippen LogP contribution in [0.15, 0.2) is 60.7 Å². The largest absolute Gasteiger partial charge is 0.490 e. The highest BCUT2D eigenvalue weighted by molar-refractivity contribution is 6.42. The van der Waals surface area contributed by atoms with E-state index in [1.54, 1.807) is 18.2 Å². The minimum atomic E-state index is -0.257. The number of carbonyl (C=O) groups excluding carboxylic acids is 1. The fraction of sp³-hybridized carbons (Fsp3) is 0.558. The van der Waals surface area contributed by atoms with E-state index in [2.05, 4.69) is 20.0 Å². The molecule has 4 aliphatic heterocycles. The van der Waals surface area contributed by atoms with E-state index in [9.17, 15) is 4.79 Å². The molecule has 4 heterocycles. The molecular weight excluding hydrogens is 778 g/mol. The van der Waals surface area contributed by atoms with Gasteiger partial charge in [0, 0.05) is 57.9 Å². The van der Waals surface area contributed by atoms with Crippen molar-refractivity contribution in [2.45, 2.75) is 70.1 Å². The van der Waals surface area contributed by atoms with Gasteiger partial charge in [-0.2, -0.15) is 0 Å². The molecule has 0 spiro atoms. The Labute approximate surface area is 347 Å². The van der Waals surface area contributed by atoms with Gasteiger partial charge < -0.3 is 29.3 Å². The maximum Gasteiger partial charge on any atom is 0.338 e. The SMILES string of the molecule is COC(=O)c1ccccc1CN1CCC(CN2CCC(Oc3ccc(Cl)c(Cl)c3)CC2)CC1.Clc1ccc(OC2CCN(CC3CCNCC3)CC2)cc1Cl. The second-order valence-corrected chi connectivity index (χ2v) is 17.1. The number of piperidine rings is 4. The summed E-state index contributed by atoms with van der Waals surface area (Å²) in [6, 6.07) is 18.7. The Hall–Kier alpha value is -2.27. The van der Waals surface area contributed by atoms with Crippen molar-refractivity contribution in [1.82, 2.24) is 20.0 Å². The molecular formula is C43H56Cl4N4O4. The first-order chi connectivity index (χ1) is 26.7. The van der Waals surface area contributed by atoms with Crippen LogP contribution in [0.4, 0.5) is 0 Å². The van der Waals surface area contributed by atoms with Crippen molar-refractivity contribution in [3.63, 3.8) is 0 Å². The van der Waals surface area contributed by atoms with E-state index in [0.717, 1.165) is 107 Å². The molecule has 12 heteroatoms. The average molecular weight is 835 g/mol. The number of nitrogens with zero attached hydrogens (tertiary/aromatic N) is 3. The number of rotatable bonds is 11. The molecule has 0 atom stereocenters. The van der Waals surface area contributed by atoms with E-state index >= 15 is 0 Å². The van der Waals surface area contributed by atoms with Crippen molar-refractivity contribution >= 4 is 52.4 Å². The Balaban J connectivity index is 0.000000203. The van der Waals surface area contributed by atoms with Gasteiger partial charge in [0.1, 0.15) is 23.7 Å². The molecule has 55 heavy (non-hydrogen) atoms. The summed E-state index contributed by atoms with van der Waals surface area (Å²) in [5.41, 5.74) is 1.72. The maximum atomic E-state index is 12.0. The van der Waals surface area contributed by atoms with Crippen LogP contribution in [0.2, 0.25) is 20.1 Å². The van der Waals surface area contributed by atoms with Crippen LogP contribution in [0.25, 0.3) is 0 Å². The van der Waals surface area contributed by atoms with Gasteiger partial charge in [0.15, 0.2) is 0 Å². The van der Waals surface area contributed by atoms with E-state index in [1.165, 1.54) is 52.4 Å². The zero-order valence-corrected chi connectivity index (χ0v) is 35.0. The zero-order valence-electron chi connectivity index (χ0n) is 32.0. The smallest absolute Gasteiger partial charge is 0.338 e. The number of benzene rings is 3. The Kier molecular flexibility index (Phi) is 16.5. The summed E-state index contributed by atoms with van der Waals surface area (Å²) in [4.78, 5) is 19.7. The van der Waals surface area contributed by atoms with Gasteiger partial charge in [-0.3, -0.25) is 4.90 Å². The zero-order chi connectivity index (χ0) is 38.6. The van der Waals surface area contributed by atoms with Crippen molar-refractivity contribution in [2.24, 2.45) is 11.8 Å². The Morgan fingerprint density at radius 2 is 1.09 bits per heavy atom. The third-order valence-corrected chi connectivity index (χ3v) is 13.0. The van der Waals surface area contributed by atoms with Crippen LogP contribution in [0, 0.1) is 11.8 Å². The molecule has 8 nitrogen and oxygen atoms in total. The van der Waals surface area contributed by atoms with Crippen molar-refractivity contribution in [3.8, 4) is 11.5 Å². The number of hydrogen-bond donors (Lipinski definition) is 1. The van der Waals surface area contributed by atoms with E-state index in [1.807, 2.05) is 42.5 Å². The lowest BCUT2D eigenvalue weighted by atomic mass is 9.94. The van der Waals surface area contributed by atoms with Crippen LogP contribution in [0.3, 0.4) is 0 Å². The van der Waals surface area contributed by atoms with Crippen molar-refractivity contribution in [3.05, 3.63) is 91.9 Å². The number of carbonyl (C=O) groups is 1. The van der Waals surface area contributed by atoms with Gasteiger partial charge in [-0.1, -0.05) is 64.6 Å². The topological polar surface area (TPSA) is 66.5 Å². The summed E-state index contributed by atoms with van der Waals surface area (Å²) in [5.74, 6) is 2.96. The van der Waals surface area contributed by atoms with Gasteiger partial charge in [0.2, 0.25) is 0 Å². The summed E-state index contributed by atoms with van der Waals surface area (Å²) in [7, 11) is 1.44. The number of likely N-dealkylation sites (tertiary alicyclic amines) is 3. The number of methoxy groups -OCH3 is 1. The number of nitrogens with one attached hydrogen (secondary N) is 1. The molecule has 300 valence electrons.